The van der Waals surface area contributed by atoms with Crippen LogP contribution in [0.1, 0.15) is 47.0 Å². The summed E-state index contributed by atoms with van der Waals surface area (Å²) in [5.41, 5.74) is 1.19. The maximum absolute atomic E-state index is 10.2. The van der Waals surface area contributed by atoms with E-state index in [1.54, 1.807) is 6.92 Å². The van der Waals surface area contributed by atoms with E-state index in [9.17, 15) is 5.11 Å². The van der Waals surface area contributed by atoms with Gasteiger partial charge in [0.15, 0.2) is 5.79 Å². The molecule has 0 amide bonds. The van der Waals surface area contributed by atoms with Crippen molar-refractivity contribution in [2.24, 2.45) is 0 Å². The highest BCUT2D eigenvalue weighted by Crippen LogP contribution is 2.26. The number of hydrogen-bond donors (Lipinski definition) is 1. The van der Waals surface area contributed by atoms with Crippen molar-refractivity contribution in [1.82, 2.24) is 0 Å². The van der Waals surface area contributed by atoms with E-state index < -0.39 is 11.6 Å². The summed E-state index contributed by atoms with van der Waals surface area (Å²) < 4.78 is 10.7. The Morgan fingerprint density at radius 1 is 1.47 bits per heavy atom. The van der Waals surface area contributed by atoms with Crippen LogP contribution >= 0.6 is 0 Å². The fraction of sp³-hybridized carbons (Fsp3) is 0.714. The Morgan fingerprint density at radius 3 is 2.41 bits per heavy atom. The molecule has 0 heterocycles. The molecule has 2 unspecified atom stereocenters. The number of aliphatic hydroxyl groups is 1. The van der Waals surface area contributed by atoms with Crippen LogP contribution in [-0.2, 0) is 9.47 Å². The second kappa shape index (κ2) is 6.80. The van der Waals surface area contributed by atoms with Crippen LogP contribution in [0.4, 0.5) is 0 Å². The molecule has 3 nitrogen and oxygen atoms in total. The largest absolute Gasteiger partial charge is 0.356 e. The van der Waals surface area contributed by atoms with Crippen LogP contribution in [0.25, 0.3) is 0 Å². The molecule has 0 aliphatic rings. The van der Waals surface area contributed by atoms with Crippen molar-refractivity contribution >= 4 is 0 Å². The Balaban J connectivity index is 4.58. The summed E-state index contributed by atoms with van der Waals surface area (Å²) in [4.78, 5) is 0. The van der Waals surface area contributed by atoms with Crippen LogP contribution in [0.5, 0.6) is 0 Å². The van der Waals surface area contributed by atoms with E-state index in [4.69, 9.17) is 15.9 Å². The first-order valence-corrected chi connectivity index (χ1v) is 5.89. The molecule has 0 fully saturated rings. The molecule has 3 heteroatoms. The SMILES string of the molecule is C#CC(O)(CCC=C(C)C)OC(C)(CC)OC. The minimum Gasteiger partial charge on any atom is -0.356 e. The van der Waals surface area contributed by atoms with E-state index in [2.05, 4.69) is 5.92 Å². The summed E-state index contributed by atoms with van der Waals surface area (Å²) in [7, 11) is 1.54. The van der Waals surface area contributed by atoms with Crippen LogP contribution in [0, 0.1) is 12.3 Å². The van der Waals surface area contributed by atoms with Gasteiger partial charge in [-0.3, -0.25) is 0 Å². The molecular formula is C14H24O3. The molecule has 0 aliphatic heterocycles. The van der Waals surface area contributed by atoms with Gasteiger partial charge in [-0.2, -0.15) is 0 Å². The summed E-state index contributed by atoms with van der Waals surface area (Å²) in [5.74, 6) is -0.131. The number of terminal acetylenes is 1. The Morgan fingerprint density at radius 2 is 2.06 bits per heavy atom. The van der Waals surface area contributed by atoms with Crippen molar-refractivity contribution in [2.45, 2.75) is 58.5 Å². The van der Waals surface area contributed by atoms with Gasteiger partial charge in [-0.05, 0) is 39.5 Å². The number of rotatable bonds is 7. The monoisotopic (exact) mass is 240 g/mol. The van der Waals surface area contributed by atoms with Gasteiger partial charge in [-0.15, -0.1) is 6.42 Å². The highest BCUT2D eigenvalue weighted by atomic mass is 16.7. The molecule has 98 valence electrons. The highest BCUT2D eigenvalue weighted by Gasteiger charge is 2.35. The van der Waals surface area contributed by atoms with Crippen molar-refractivity contribution in [2.75, 3.05) is 7.11 Å². The molecule has 1 N–H and O–H groups in total. The Bertz CT molecular complexity index is 293. The average Bonchev–Trinajstić information content (AvgIpc) is 2.28. The van der Waals surface area contributed by atoms with Gasteiger partial charge >= 0.3 is 0 Å². The summed E-state index contributed by atoms with van der Waals surface area (Å²) in [6.45, 7) is 7.68. The molecule has 0 aromatic carbocycles. The summed E-state index contributed by atoms with van der Waals surface area (Å²) in [6, 6.07) is 0. The number of allylic oxidation sites excluding steroid dienone is 2. The van der Waals surface area contributed by atoms with E-state index in [1.165, 1.54) is 12.7 Å². The Labute approximate surface area is 105 Å². The first-order chi connectivity index (χ1) is 7.81. The second-order valence-electron chi connectivity index (χ2n) is 4.54. The standard InChI is InChI=1S/C14H24O3/c1-7-13(5,16-6)17-14(15,8-2)11-9-10-12(3)4/h2,10,15H,7,9,11H2,1,3-6H3. The van der Waals surface area contributed by atoms with Gasteiger partial charge in [0, 0.05) is 13.5 Å². The van der Waals surface area contributed by atoms with E-state index in [0.717, 1.165) is 0 Å². The van der Waals surface area contributed by atoms with Crippen LogP contribution in [0.2, 0.25) is 0 Å². The third kappa shape index (κ3) is 5.88. The zero-order valence-electron chi connectivity index (χ0n) is 11.5. The number of methoxy groups -OCH3 is 1. The third-order valence-electron chi connectivity index (χ3n) is 2.72. The molecule has 0 bridgehead atoms. The van der Waals surface area contributed by atoms with Crippen LogP contribution in [0.3, 0.4) is 0 Å². The van der Waals surface area contributed by atoms with Gasteiger partial charge in [0.2, 0.25) is 5.79 Å². The molecule has 2 atom stereocenters. The lowest BCUT2D eigenvalue weighted by Crippen LogP contribution is -2.43. The predicted molar refractivity (Wildman–Crippen MR) is 69.2 cm³/mol. The fourth-order valence-corrected chi connectivity index (χ4v) is 1.32. The first-order valence-electron chi connectivity index (χ1n) is 5.89. The first kappa shape index (κ1) is 16.2. The van der Waals surface area contributed by atoms with Gasteiger partial charge < -0.3 is 14.6 Å². The second-order valence-corrected chi connectivity index (χ2v) is 4.54. The Kier molecular flexibility index (Phi) is 6.48. The smallest absolute Gasteiger partial charge is 0.233 e. The van der Waals surface area contributed by atoms with Crippen LogP contribution < -0.4 is 0 Å². The quantitative estimate of drug-likeness (QED) is 0.422. The van der Waals surface area contributed by atoms with Gasteiger partial charge in [-0.1, -0.05) is 18.6 Å². The lowest BCUT2D eigenvalue weighted by Gasteiger charge is -2.34. The molecule has 0 saturated carbocycles. The number of hydrogen-bond acceptors (Lipinski definition) is 3. The van der Waals surface area contributed by atoms with Crippen molar-refractivity contribution < 1.29 is 14.6 Å². The molecule has 0 aromatic rings. The van der Waals surface area contributed by atoms with Gasteiger partial charge in [0.25, 0.3) is 0 Å². The van der Waals surface area contributed by atoms with Crippen molar-refractivity contribution in [3.05, 3.63) is 11.6 Å². The Hall–Kier alpha value is -0.820. The predicted octanol–water partition coefficient (Wildman–Crippen LogP) is 2.84. The van der Waals surface area contributed by atoms with E-state index in [-0.39, 0.29) is 0 Å². The maximum Gasteiger partial charge on any atom is 0.233 e. The van der Waals surface area contributed by atoms with E-state index >= 15 is 0 Å². The fourth-order valence-electron chi connectivity index (χ4n) is 1.32. The zero-order chi connectivity index (χ0) is 13.5. The van der Waals surface area contributed by atoms with E-state index in [0.29, 0.717) is 19.3 Å². The van der Waals surface area contributed by atoms with Crippen LogP contribution in [-0.4, -0.2) is 23.8 Å². The topological polar surface area (TPSA) is 38.7 Å². The number of ether oxygens (including phenoxy) is 2. The minimum absolute atomic E-state index is 0.355. The van der Waals surface area contributed by atoms with Gasteiger partial charge in [-0.25, -0.2) is 0 Å². The zero-order valence-corrected chi connectivity index (χ0v) is 11.5. The normalized spacial score (nSPS) is 17.7. The highest BCUT2D eigenvalue weighted by molar-refractivity contribution is 5.04. The van der Waals surface area contributed by atoms with Crippen molar-refractivity contribution in [3.63, 3.8) is 0 Å². The van der Waals surface area contributed by atoms with Crippen LogP contribution in [0.15, 0.2) is 11.6 Å². The molecular weight excluding hydrogens is 216 g/mol. The summed E-state index contributed by atoms with van der Waals surface area (Å²) >= 11 is 0. The summed E-state index contributed by atoms with van der Waals surface area (Å²) in [6.07, 6.45) is 8.99. The molecule has 0 aliphatic carbocycles. The molecule has 0 radical (unpaired) electrons. The molecule has 0 saturated heterocycles. The molecule has 0 rings (SSSR count). The average molecular weight is 240 g/mol. The van der Waals surface area contributed by atoms with Gasteiger partial charge in [0.05, 0.1) is 0 Å². The molecule has 0 aromatic heterocycles. The van der Waals surface area contributed by atoms with Crippen molar-refractivity contribution in [1.29, 1.82) is 0 Å². The van der Waals surface area contributed by atoms with Crippen molar-refractivity contribution in [3.8, 4) is 12.3 Å². The lowest BCUT2D eigenvalue weighted by molar-refractivity contribution is -0.313. The summed E-state index contributed by atoms with van der Waals surface area (Å²) in [5, 5.41) is 10.2. The maximum atomic E-state index is 10.2. The minimum atomic E-state index is -1.58. The molecule has 17 heavy (non-hydrogen) atoms. The van der Waals surface area contributed by atoms with E-state index in [1.807, 2.05) is 26.8 Å². The third-order valence-corrected chi connectivity index (χ3v) is 2.72. The van der Waals surface area contributed by atoms with Gasteiger partial charge in [0.1, 0.15) is 0 Å². The lowest BCUT2D eigenvalue weighted by atomic mass is 10.1. The molecule has 0 spiro atoms.